The summed E-state index contributed by atoms with van der Waals surface area (Å²) >= 11 is 13.2. The van der Waals surface area contributed by atoms with Gasteiger partial charge in [-0.25, -0.2) is 18.4 Å². The van der Waals surface area contributed by atoms with E-state index in [-0.39, 0.29) is 45.7 Å². The molecular formula is C37H36Cl2F2N3O7+. The molecule has 51 heavy (non-hydrogen) atoms. The number of benzene rings is 3. The molecule has 3 aromatic carbocycles. The van der Waals surface area contributed by atoms with Crippen LogP contribution in [0.25, 0.3) is 0 Å². The number of ether oxygens (including phenoxy) is 3. The first-order chi connectivity index (χ1) is 24.5. The van der Waals surface area contributed by atoms with Crippen molar-refractivity contribution in [1.29, 1.82) is 0 Å². The van der Waals surface area contributed by atoms with E-state index in [9.17, 15) is 24.3 Å². The van der Waals surface area contributed by atoms with E-state index < -0.39 is 35.7 Å². The Kier molecular flexibility index (Phi) is 10.8. The van der Waals surface area contributed by atoms with Crippen molar-refractivity contribution in [1.82, 2.24) is 4.90 Å². The average Bonchev–Trinajstić information content (AvgIpc) is 3.11. The summed E-state index contributed by atoms with van der Waals surface area (Å²) in [4.78, 5) is 30.3. The summed E-state index contributed by atoms with van der Waals surface area (Å²) in [5.41, 5.74) is 1.25. The SMILES string of the molecule is COc1ccc([C@H](Cc2c(Cl)c[n+](O)cc2Cl)c2c(CN(C(=O)O[C@H]3CN4CCC3CC4)c3ccc(F)cc3F)cccc2C(=O)O)cc1OC. The lowest BCUT2D eigenvalue weighted by molar-refractivity contribution is -0.904. The van der Waals surface area contributed by atoms with Crippen LogP contribution in [0.5, 0.6) is 11.5 Å². The molecule has 4 aromatic rings. The number of carboxylic acids is 1. The van der Waals surface area contributed by atoms with Gasteiger partial charge in [0.15, 0.2) is 11.5 Å². The van der Waals surface area contributed by atoms with Gasteiger partial charge in [0.25, 0.3) is 0 Å². The lowest BCUT2D eigenvalue weighted by Gasteiger charge is -2.44. The zero-order chi connectivity index (χ0) is 36.4. The molecule has 2 N–H and O–H groups in total. The highest BCUT2D eigenvalue weighted by Gasteiger charge is 2.38. The van der Waals surface area contributed by atoms with Crippen molar-refractivity contribution in [2.45, 2.75) is 37.8 Å². The van der Waals surface area contributed by atoms with Gasteiger partial charge in [0.05, 0.1) is 32.0 Å². The number of carboxylic acid groups (broad SMARTS) is 1. The number of pyridine rings is 1. The van der Waals surface area contributed by atoms with Crippen LogP contribution in [0, 0.1) is 17.6 Å². The molecule has 1 aromatic heterocycles. The van der Waals surface area contributed by atoms with E-state index in [1.165, 1.54) is 38.7 Å². The smallest absolute Gasteiger partial charge is 0.415 e. The molecule has 0 saturated carbocycles. The second-order valence-corrected chi connectivity index (χ2v) is 13.4. The number of fused-ring (bicyclic) bond motifs is 3. The first-order valence-corrected chi connectivity index (χ1v) is 17.0. The zero-order valence-corrected chi connectivity index (χ0v) is 29.3. The number of anilines is 1. The molecule has 3 aliphatic heterocycles. The van der Waals surface area contributed by atoms with Crippen LogP contribution in [0.2, 0.25) is 10.0 Å². The van der Waals surface area contributed by atoms with Crippen LogP contribution in [0.3, 0.4) is 0 Å². The minimum absolute atomic E-state index is 0.0280. The minimum Gasteiger partial charge on any atom is -0.493 e. The molecule has 2 bridgehead atoms. The van der Waals surface area contributed by atoms with Gasteiger partial charge in [-0.05, 0) is 85.3 Å². The van der Waals surface area contributed by atoms with E-state index in [1.54, 1.807) is 24.3 Å². The normalized spacial score (nSPS) is 18.6. The van der Waals surface area contributed by atoms with Gasteiger partial charge in [-0.3, -0.25) is 15.0 Å². The van der Waals surface area contributed by atoms with Crippen LogP contribution < -0.4 is 19.1 Å². The first kappa shape index (κ1) is 36.2. The van der Waals surface area contributed by atoms with Crippen LogP contribution in [-0.2, 0) is 17.7 Å². The maximum Gasteiger partial charge on any atom is 0.415 e. The fourth-order valence-corrected chi connectivity index (χ4v) is 7.71. The van der Waals surface area contributed by atoms with Gasteiger partial charge in [0.1, 0.15) is 27.8 Å². The highest BCUT2D eigenvalue weighted by atomic mass is 35.5. The molecule has 268 valence electrons. The van der Waals surface area contributed by atoms with Gasteiger partial charge < -0.3 is 19.3 Å². The third-order valence-corrected chi connectivity index (χ3v) is 10.3. The summed E-state index contributed by atoms with van der Waals surface area (Å²) in [5.74, 6) is -2.95. The monoisotopic (exact) mass is 742 g/mol. The summed E-state index contributed by atoms with van der Waals surface area (Å²) in [6, 6.07) is 12.6. The largest absolute Gasteiger partial charge is 0.493 e. The molecule has 1 amide bonds. The number of aromatic carboxylic acids is 1. The number of methoxy groups -OCH3 is 2. The number of hydrogen-bond donors (Lipinski definition) is 2. The Morgan fingerprint density at radius 2 is 1.71 bits per heavy atom. The molecule has 10 nitrogen and oxygen atoms in total. The molecule has 0 spiro atoms. The van der Waals surface area contributed by atoms with Crippen LogP contribution in [0.1, 0.15) is 51.4 Å². The fourth-order valence-electron chi connectivity index (χ4n) is 7.10. The van der Waals surface area contributed by atoms with Gasteiger partial charge in [0.2, 0.25) is 12.4 Å². The fraction of sp³-hybridized carbons (Fsp3) is 0.324. The first-order valence-electron chi connectivity index (χ1n) is 16.3. The molecule has 3 saturated heterocycles. The maximum atomic E-state index is 15.5. The van der Waals surface area contributed by atoms with Gasteiger partial charge >= 0.3 is 12.1 Å². The number of amides is 1. The number of carbonyl (C=O) groups excluding carboxylic acids is 1. The third kappa shape index (κ3) is 7.68. The topological polar surface area (TPSA) is 113 Å². The zero-order valence-electron chi connectivity index (χ0n) is 27.8. The molecule has 7 rings (SSSR count). The highest BCUT2D eigenvalue weighted by molar-refractivity contribution is 6.35. The highest BCUT2D eigenvalue weighted by Crippen LogP contribution is 2.41. The number of rotatable bonds is 11. The van der Waals surface area contributed by atoms with Crippen molar-refractivity contribution < 1.29 is 47.6 Å². The summed E-state index contributed by atoms with van der Waals surface area (Å²) in [7, 11) is 2.95. The van der Waals surface area contributed by atoms with Gasteiger partial charge in [-0.1, -0.05) is 41.4 Å². The lowest BCUT2D eigenvalue weighted by Crippen LogP contribution is -2.53. The lowest BCUT2D eigenvalue weighted by atomic mass is 9.80. The molecule has 3 fully saturated rings. The minimum atomic E-state index is -1.26. The van der Waals surface area contributed by atoms with E-state index in [4.69, 9.17) is 37.4 Å². The number of piperidine rings is 3. The number of halogens is 4. The van der Waals surface area contributed by atoms with Crippen molar-refractivity contribution in [3.05, 3.63) is 116 Å². The van der Waals surface area contributed by atoms with Crippen molar-refractivity contribution in [3.8, 4) is 11.5 Å². The number of aromatic nitrogens is 1. The predicted octanol–water partition coefficient (Wildman–Crippen LogP) is 7.12. The van der Waals surface area contributed by atoms with Crippen molar-refractivity contribution in [2.75, 3.05) is 38.8 Å². The molecule has 14 heteroatoms. The molecule has 0 unspecified atom stereocenters. The standard InChI is InChI=1S/C37H35Cl2F2N3O7/c1-49-32-9-6-22(14-33(32)50-2)26(16-27-28(38)18-43(48)19-29(27)39)35-23(4-3-5-25(35)36(45)46)17-44(31-8-7-24(40)15-30(31)41)37(47)51-34-20-42-12-10-21(34)11-13-42/h3-9,14-15,18-19,21,26,34H,10-13,16-17,20H2,1-2H3,(H-,45,46,48)/p+1/t26-,34-/m0/s1. The Balaban J connectivity index is 1.50. The number of hydrogen-bond acceptors (Lipinski definition) is 7. The summed E-state index contributed by atoms with van der Waals surface area (Å²) < 4.78 is 47.4. The number of nitrogens with zero attached hydrogens (tertiary/aromatic N) is 3. The van der Waals surface area contributed by atoms with E-state index in [2.05, 4.69) is 4.90 Å². The van der Waals surface area contributed by atoms with E-state index in [1.807, 2.05) is 0 Å². The van der Waals surface area contributed by atoms with Crippen molar-refractivity contribution in [3.63, 3.8) is 0 Å². The van der Waals surface area contributed by atoms with Crippen LogP contribution in [0.15, 0.2) is 67.0 Å². The van der Waals surface area contributed by atoms with Crippen molar-refractivity contribution in [2.24, 2.45) is 5.92 Å². The Hall–Kier alpha value is -4.65. The molecular weight excluding hydrogens is 707 g/mol. The molecule has 3 aliphatic rings. The van der Waals surface area contributed by atoms with Crippen molar-refractivity contribution >= 4 is 41.0 Å². The molecule has 0 aliphatic carbocycles. The van der Waals surface area contributed by atoms with Gasteiger partial charge in [-0.2, -0.15) is 0 Å². The van der Waals surface area contributed by atoms with E-state index in [0.29, 0.717) is 45.5 Å². The van der Waals surface area contributed by atoms with Crippen LogP contribution >= 0.6 is 23.2 Å². The summed E-state index contributed by atoms with van der Waals surface area (Å²) in [6.45, 7) is 2.02. The van der Waals surface area contributed by atoms with E-state index in [0.717, 1.165) is 43.0 Å². The van der Waals surface area contributed by atoms with Gasteiger partial charge in [-0.15, -0.1) is 0 Å². The second-order valence-electron chi connectivity index (χ2n) is 12.6. The maximum absolute atomic E-state index is 15.5. The predicted molar refractivity (Wildman–Crippen MR) is 184 cm³/mol. The van der Waals surface area contributed by atoms with Gasteiger partial charge in [0, 0.05) is 28.8 Å². The molecule has 0 radical (unpaired) electrons. The van der Waals surface area contributed by atoms with E-state index >= 15 is 4.39 Å². The molecule has 2 atom stereocenters. The molecule has 4 heterocycles. The third-order valence-electron chi connectivity index (χ3n) is 9.66. The summed E-state index contributed by atoms with van der Waals surface area (Å²) in [5, 5.41) is 20.8. The van der Waals surface area contributed by atoms with Crippen LogP contribution in [-0.4, -0.2) is 67.2 Å². The van der Waals surface area contributed by atoms with Crippen LogP contribution in [0.4, 0.5) is 19.3 Å². The Labute approximate surface area is 303 Å². The average molecular weight is 744 g/mol. The summed E-state index contributed by atoms with van der Waals surface area (Å²) in [6.07, 6.45) is 2.98. The number of carbonyl (C=O) groups is 2. The Morgan fingerprint density at radius 1 is 1.00 bits per heavy atom. The Morgan fingerprint density at radius 3 is 2.31 bits per heavy atom. The Bertz CT molecular complexity index is 1930. The quantitative estimate of drug-likeness (QED) is 0.123. The second kappa shape index (κ2) is 15.3.